The van der Waals surface area contributed by atoms with Gasteiger partial charge in [-0.25, -0.2) is 27.1 Å². The molecule has 21 heavy (non-hydrogen) atoms. The average Bonchev–Trinajstić information content (AvgIpc) is 2.31. The van der Waals surface area contributed by atoms with Gasteiger partial charge < -0.3 is 4.74 Å². The van der Waals surface area contributed by atoms with Crippen molar-refractivity contribution in [3.8, 4) is 0 Å². The molecule has 0 saturated heterocycles. The van der Waals surface area contributed by atoms with Crippen LogP contribution in [-0.2, 0) is 14.8 Å². The maximum atomic E-state index is 13.5. The summed E-state index contributed by atoms with van der Waals surface area (Å²) in [4.78, 5) is 10.5. The average molecular weight is 342 g/mol. The molecule has 0 aliphatic heterocycles. The summed E-state index contributed by atoms with van der Waals surface area (Å²) in [6.45, 7) is 3.84. The van der Waals surface area contributed by atoms with Crippen molar-refractivity contribution in [3.63, 3.8) is 0 Å². The van der Waals surface area contributed by atoms with Crippen LogP contribution >= 0.6 is 11.6 Å². The van der Waals surface area contributed by atoms with E-state index in [1.54, 1.807) is 0 Å². The van der Waals surface area contributed by atoms with Gasteiger partial charge in [0, 0.05) is 0 Å². The highest BCUT2D eigenvalue weighted by atomic mass is 35.5. The summed E-state index contributed by atoms with van der Waals surface area (Å²) in [5.74, 6) is -4.08. The van der Waals surface area contributed by atoms with Gasteiger partial charge in [-0.2, -0.15) is 0 Å². The Morgan fingerprint density at radius 2 is 2.00 bits per heavy atom. The lowest BCUT2D eigenvalue weighted by molar-refractivity contribution is 0.0487. The first kappa shape index (κ1) is 17.8. The number of benzene rings is 1. The normalized spacial score (nSPS) is 11.8. The lowest BCUT2D eigenvalue weighted by atomic mass is 10.1. The highest BCUT2D eigenvalue weighted by molar-refractivity contribution is 7.89. The Morgan fingerprint density at radius 1 is 1.43 bits per heavy atom. The minimum atomic E-state index is -4.63. The largest absolute Gasteiger partial charge is 0.462 e. The highest BCUT2D eigenvalue weighted by Gasteiger charge is 2.28. The molecule has 118 valence electrons. The maximum Gasteiger partial charge on any atom is 0.339 e. The summed E-state index contributed by atoms with van der Waals surface area (Å²) in [6, 6.07) is 0.476. The zero-order valence-corrected chi connectivity index (χ0v) is 12.9. The van der Waals surface area contributed by atoms with Crippen LogP contribution in [0.5, 0.6) is 0 Å². The van der Waals surface area contributed by atoms with E-state index in [0.29, 0.717) is 12.5 Å². The van der Waals surface area contributed by atoms with Gasteiger partial charge in [-0.1, -0.05) is 25.4 Å². The molecule has 0 bridgehead atoms. The summed E-state index contributed by atoms with van der Waals surface area (Å²) in [6.07, 6.45) is 0.551. The van der Waals surface area contributed by atoms with Crippen LogP contribution in [0, 0.1) is 17.6 Å². The van der Waals surface area contributed by atoms with Crippen LogP contribution in [0.3, 0.4) is 0 Å². The van der Waals surface area contributed by atoms with E-state index in [4.69, 9.17) is 21.5 Å². The predicted octanol–water partition coefficient (Wildman–Crippen LogP) is 2.47. The number of carbonyl (C=O) groups excluding carboxylic acids is 1. The molecule has 0 radical (unpaired) electrons. The fraction of sp³-hybridized carbons (Fsp3) is 0.417. The second-order valence-electron chi connectivity index (χ2n) is 4.73. The van der Waals surface area contributed by atoms with Crippen LogP contribution in [0.25, 0.3) is 0 Å². The number of carbonyl (C=O) groups is 1. The van der Waals surface area contributed by atoms with Crippen LogP contribution in [-0.4, -0.2) is 21.0 Å². The Kier molecular flexibility index (Phi) is 5.66. The third kappa shape index (κ3) is 4.36. The van der Waals surface area contributed by atoms with E-state index < -0.39 is 43.1 Å². The number of halogens is 3. The number of nitrogens with two attached hydrogens (primary N) is 1. The Hall–Kier alpha value is -1.25. The standard InChI is InChI=1S/C12H14ClF2NO4S/c1-6(2)3-4-20-12(17)7-5-8(14)10(15)11(9(7)13)21(16,18)19/h5-6H,3-4H2,1-2H3,(H2,16,18,19). The fourth-order valence-corrected chi connectivity index (χ4v) is 2.69. The van der Waals surface area contributed by atoms with Crippen molar-refractivity contribution in [1.82, 2.24) is 0 Å². The van der Waals surface area contributed by atoms with Crippen LogP contribution in [0.1, 0.15) is 30.6 Å². The van der Waals surface area contributed by atoms with Crippen molar-refractivity contribution >= 4 is 27.6 Å². The molecule has 1 rings (SSSR count). The minimum Gasteiger partial charge on any atom is -0.462 e. The third-order valence-electron chi connectivity index (χ3n) is 2.55. The Balaban J connectivity index is 3.21. The van der Waals surface area contributed by atoms with Gasteiger partial charge >= 0.3 is 5.97 Å². The summed E-state index contributed by atoms with van der Waals surface area (Å²) >= 11 is 5.64. The first-order valence-corrected chi connectivity index (χ1v) is 7.85. The summed E-state index contributed by atoms with van der Waals surface area (Å²) in [5.41, 5.74) is -0.594. The summed E-state index contributed by atoms with van der Waals surface area (Å²) in [7, 11) is -4.63. The quantitative estimate of drug-likeness (QED) is 0.658. The molecular formula is C12H14ClF2NO4S. The van der Waals surface area contributed by atoms with Crippen molar-refractivity contribution in [3.05, 3.63) is 28.3 Å². The first-order chi connectivity index (χ1) is 9.55. The predicted molar refractivity (Wildman–Crippen MR) is 72.5 cm³/mol. The molecule has 2 N–H and O–H groups in total. The van der Waals surface area contributed by atoms with E-state index in [1.807, 2.05) is 13.8 Å². The van der Waals surface area contributed by atoms with Gasteiger partial charge in [0.05, 0.1) is 17.2 Å². The Morgan fingerprint density at radius 3 is 2.48 bits per heavy atom. The van der Waals surface area contributed by atoms with Crippen LogP contribution < -0.4 is 5.14 Å². The van der Waals surface area contributed by atoms with Crippen LogP contribution in [0.4, 0.5) is 8.78 Å². The molecule has 0 fully saturated rings. The van der Waals surface area contributed by atoms with E-state index in [2.05, 4.69) is 0 Å². The molecule has 0 unspecified atom stereocenters. The lowest BCUT2D eigenvalue weighted by Crippen LogP contribution is -2.18. The fourth-order valence-electron chi connectivity index (χ4n) is 1.44. The van der Waals surface area contributed by atoms with Gasteiger partial charge in [0.25, 0.3) is 0 Å². The first-order valence-electron chi connectivity index (χ1n) is 5.93. The zero-order valence-electron chi connectivity index (χ0n) is 11.3. The zero-order chi connectivity index (χ0) is 16.4. The monoisotopic (exact) mass is 341 g/mol. The van der Waals surface area contributed by atoms with Crippen molar-refractivity contribution in [2.24, 2.45) is 11.1 Å². The van der Waals surface area contributed by atoms with Crippen molar-refractivity contribution < 1.29 is 26.7 Å². The Labute approximate surface area is 126 Å². The number of rotatable bonds is 5. The van der Waals surface area contributed by atoms with E-state index >= 15 is 0 Å². The second kappa shape index (κ2) is 6.67. The topological polar surface area (TPSA) is 86.5 Å². The molecule has 1 aromatic rings. The van der Waals surface area contributed by atoms with Crippen LogP contribution in [0.2, 0.25) is 5.02 Å². The molecule has 0 atom stereocenters. The number of primary sulfonamides is 1. The lowest BCUT2D eigenvalue weighted by Gasteiger charge is -2.11. The van der Waals surface area contributed by atoms with Gasteiger partial charge in [0.15, 0.2) is 11.6 Å². The molecule has 0 aliphatic rings. The SMILES string of the molecule is CC(C)CCOC(=O)c1cc(F)c(F)c(S(N)(=O)=O)c1Cl. The molecule has 0 heterocycles. The second-order valence-corrected chi connectivity index (χ2v) is 6.60. The van der Waals surface area contributed by atoms with E-state index in [-0.39, 0.29) is 12.5 Å². The van der Waals surface area contributed by atoms with Gasteiger partial charge in [0.1, 0.15) is 4.90 Å². The molecule has 0 saturated carbocycles. The number of hydrogen-bond acceptors (Lipinski definition) is 4. The van der Waals surface area contributed by atoms with Gasteiger partial charge in [-0.05, 0) is 18.4 Å². The van der Waals surface area contributed by atoms with Gasteiger partial charge in [-0.3, -0.25) is 0 Å². The van der Waals surface area contributed by atoms with E-state index in [9.17, 15) is 22.0 Å². The number of ether oxygens (including phenoxy) is 1. The van der Waals surface area contributed by atoms with Crippen molar-refractivity contribution in [1.29, 1.82) is 0 Å². The molecule has 0 spiro atoms. The maximum absolute atomic E-state index is 13.5. The number of hydrogen-bond donors (Lipinski definition) is 1. The molecular weight excluding hydrogens is 328 g/mol. The number of esters is 1. The Bertz CT molecular complexity index is 662. The van der Waals surface area contributed by atoms with Crippen LogP contribution in [0.15, 0.2) is 11.0 Å². The molecule has 9 heteroatoms. The molecule has 0 aliphatic carbocycles. The minimum absolute atomic E-state index is 0.0382. The third-order valence-corrected chi connectivity index (χ3v) is 4.01. The highest BCUT2D eigenvalue weighted by Crippen LogP contribution is 2.30. The molecule has 0 amide bonds. The van der Waals surface area contributed by atoms with E-state index in [1.165, 1.54) is 0 Å². The smallest absolute Gasteiger partial charge is 0.339 e. The molecule has 0 aromatic heterocycles. The van der Waals surface area contributed by atoms with Gasteiger partial charge in [0.2, 0.25) is 10.0 Å². The molecule has 5 nitrogen and oxygen atoms in total. The molecule has 1 aromatic carbocycles. The summed E-state index contributed by atoms with van der Waals surface area (Å²) in [5, 5.41) is 3.97. The van der Waals surface area contributed by atoms with Crippen molar-refractivity contribution in [2.45, 2.75) is 25.2 Å². The van der Waals surface area contributed by atoms with Crippen molar-refractivity contribution in [2.75, 3.05) is 6.61 Å². The van der Waals surface area contributed by atoms with E-state index in [0.717, 1.165) is 0 Å². The number of sulfonamides is 1. The summed E-state index contributed by atoms with van der Waals surface area (Å²) < 4.78 is 54.2. The van der Waals surface area contributed by atoms with Gasteiger partial charge in [-0.15, -0.1) is 0 Å².